The Kier molecular flexibility index (Phi) is 7.83. The van der Waals surface area contributed by atoms with Gasteiger partial charge in [-0.15, -0.1) is 0 Å². The summed E-state index contributed by atoms with van der Waals surface area (Å²) in [6.07, 6.45) is 2.33. The molecule has 7 heteroatoms. The molecule has 2 aromatic rings. The van der Waals surface area contributed by atoms with Crippen LogP contribution in [0.4, 0.5) is 0 Å². The number of aliphatic hydroxyl groups excluding tert-OH is 1. The van der Waals surface area contributed by atoms with Gasteiger partial charge in [0.25, 0.3) is 0 Å². The highest BCUT2D eigenvalue weighted by Gasteiger charge is 2.26. The van der Waals surface area contributed by atoms with Crippen LogP contribution in [0.2, 0.25) is 0 Å². The molecule has 0 aliphatic carbocycles. The van der Waals surface area contributed by atoms with E-state index in [1.54, 1.807) is 19.1 Å². The molecule has 0 bridgehead atoms. The average molecular weight is 428 g/mol. The van der Waals surface area contributed by atoms with E-state index < -0.39 is 12.1 Å². The van der Waals surface area contributed by atoms with E-state index in [-0.39, 0.29) is 40.3 Å². The number of aliphatic hydroxyl groups is 1. The van der Waals surface area contributed by atoms with Gasteiger partial charge in [-0.1, -0.05) is 13.8 Å². The Hall–Kier alpha value is -3.32. The van der Waals surface area contributed by atoms with E-state index in [1.807, 2.05) is 13.8 Å². The summed E-state index contributed by atoms with van der Waals surface area (Å²) in [5.41, 5.74) is 1.21. The van der Waals surface area contributed by atoms with Gasteiger partial charge in [-0.05, 0) is 68.2 Å². The number of ketones is 1. The number of carboxylic acid groups (broad SMARTS) is 1. The van der Waals surface area contributed by atoms with E-state index in [1.165, 1.54) is 38.3 Å². The normalized spacial score (nSPS) is 12.2. The van der Waals surface area contributed by atoms with Gasteiger partial charge >= 0.3 is 5.97 Å². The van der Waals surface area contributed by atoms with Crippen molar-refractivity contribution < 1.29 is 34.4 Å². The molecule has 0 amide bonds. The van der Waals surface area contributed by atoms with Crippen molar-refractivity contribution in [1.82, 2.24) is 0 Å². The van der Waals surface area contributed by atoms with E-state index in [4.69, 9.17) is 9.47 Å². The maximum Gasteiger partial charge on any atom is 0.343 e. The lowest BCUT2D eigenvalue weighted by Crippen LogP contribution is -2.10. The minimum Gasteiger partial charge on any atom is -0.504 e. The van der Waals surface area contributed by atoms with Gasteiger partial charge in [0, 0.05) is 11.1 Å². The van der Waals surface area contributed by atoms with Gasteiger partial charge in [0.15, 0.2) is 17.3 Å². The number of rotatable bonds is 9. The second kappa shape index (κ2) is 10.1. The molecule has 0 saturated carbocycles. The molecule has 0 aliphatic rings. The third-order valence-electron chi connectivity index (χ3n) is 4.57. The molecule has 0 aliphatic heterocycles. The lowest BCUT2D eigenvalue weighted by molar-refractivity contribution is -0.112. The predicted octanol–water partition coefficient (Wildman–Crippen LogP) is 4.88. The first-order chi connectivity index (χ1) is 14.5. The molecular weight excluding hydrogens is 400 g/mol. The van der Waals surface area contributed by atoms with Crippen molar-refractivity contribution in [3.8, 4) is 23.0 Å². The van der Waals surface area contributed by atoms with Gasteiger partial charge in [-0.25, -0.2) is 4.79 Å². The van der Waals surface area contributed by atoms with Crippen molar-refractivity contribution in [3.63, 3.8) is 0 Å². The number of ether oxygens (including phenoxy) is 2. The van der Waals surface area contributed by atoms with Crippen molar-refractivity contribution in [2.75, 3.05) is 7.11 Å². The van der Waals surface area contributed by atoms with Gasteiger partial charge in [-0.2, -0.15) is 0 Å². The average Bonchev–Trinajstić information content (AvgIpc) is 2.66. The largest absolute Gasteiger partial charge is 0.504 e. The number of carbonyl (C=O) groups is 2. The van der Waals surface area contributed by atoms with Crippen LogP contribution in [0.25, 0.3) is 6.08 Å². The number of phenolic OH excluding ortho intramolecular Hbond substituents is 1. The van der Waals surface area contributed by atoms with E-state index in [9.17, 15) is 24.9 Å². The molecular formula is C24H28O7. The molecule has 0 spiro atoms. The molecule has 0 radical (unpaired) electrons. The number of hydrogen-bond acceptors (Lipinski definition) is 6. The van der Waals surface area contributed by atoms with Crippen molar-refractivity contribution in [3.05, 3.63) is 52.6 Å². The third kappa shape index (κ3) is 5.86. The zero-order chi connectivity index (χ0) is 23.3. The molecule has 2 aromatic carbocycles. The second-order valence-electron chi connectivity index (χ2n) is 7.76. The molecule has 31 heavy (non-hydrogen) atoms. The molecule has 0 heterocycles. The topological polar surface area (TPSA) is 113 Å². The molecule has 166 valence electrons. The van der Waals surface area contributed by atoms with Gasteiger partial charge in [-0.3, -0.25) is 4.79 Å². The van der Waals surface area contributed by atoms with E-state index in [0.29, 0.717) is 17.5 Å². The molecule has 1 atom stereocenters. The SMILES string of the molecule is COc1c(C(O)CC(C)C)ccc(Oc2c(O)cc(C)cc2/C=C/C(C)=O)c1C(=O)O. The first-order valence-corrected chi connectivity index (χ1v) is 9.87. The van der Waals surface area contributed by atoms with Gasteiger partial charge in [0.1, 0.15) is 17.1 Å². The molecule has 0 aromatic heterocycles. The maximum atomic E-state index is 12.1. The van der Waals surface area contributed by atoms with Crippen LogP contribution in [0.3, 0.4) is 0 Å². The summed E-state index contributed by atoms with van der Waals surface area (Å²) in [7, 11) is 1.32. The van der Waals surface area contributed by atoms with Crippen molar-refractivity contribution in [2.24, 2.45) is 5.92 Å². The number of carboxylic acids is 1. The minimum atomic E-state index is -1.31. The van der Waals surface area contributed by atoms with Crippen molar-refractivity contribution in [1.29, 1.82) is 0 Å². The summed E-state index contributed by atoms with van der Waals surface area (Å²) in [4.78, 5) is 23.4. The zero-order valence-electron chi connectivity index (χ0n) is 18.3. The monoisotopic (exact) mass is 428 g/mol. The number of carbonyl (C=O) groups excluding carboxylic acids is 1. The Labute approximate surface area is 181 Å². The first kappa shape index (κ1) is 24.0. The number of aryl methyl sites for hydroxylation is 1. The molecule has 7 nitrogen and oxygen atoms in total. The third-order valence-corrected chi connectivity index (χ3v) is 4.57. The standard InChI is InChI=1S/C24H28O7/c1-13(2)10-18(26)17-8-9-20(21(24(28)29)23(17)30-5)31-22-16(7-6-15(4)25)11-14(3)12-19(22)27/h6-9,11-13,18,26-27H,10H2,1-5H3,(H,28,29)/b7-6+. The summed E-state index contributed by atoms with van der Waals surface area (Å²) in [6.45, 7) is 7.05. The Morgan fingerprint density at radius 1 is 1.16 bits per heavy atom. The number of aromatic carboxylic acids is 1. The highest BCUT2D eigenvalue weighted by atomic mass is 16.5. The maximum absolute atomic E-state index is 12.1. The minimum absolute atomic E-state index is 0.00290. The number of phenols is 1. The number of hydrogen-bond donors (Lipinski definition) is 3. The zero-order valence-corrected chi connectivity index (χ0v) is 18.3. The van der Waals surface area contributed by atoms with Gasteiger partial charge in [0.2, 0.25) is 0 Å². The number of methoxy groups -OCH3 is 1. The number of aromatic hydroxyl groups is 1. The Balaban J connectivity index is 2.63. The van der Waals surface area contributed by atoms with E-state index in [2.05, 4.69) is 0 Å². The first-order valence-electron chi connectivity index (χ1n) is 9.87. The fourth-order valence-electron chi connectivity index (χ4n) is 3.26. The van der Waals surface area contributed by atoms with Crippen molar-refractivity contribution in [2.45, 2.75) is 40.2 Å². The lowest BCUT2D eigenvalue weighted by atomic mass is 9.96. The fourth-order valence-corrected chi connectivity index (χ4v) is 3.26. The highest BCUT2D eigenvalue weighted by Crippen LogP contribution is 2.42. The lowest BCUT2D eigenvalue weighted by Gasteiger charge is -2.20. The smallest absolute Gasteiger partial charge is 0.343 e. The van der Waals surface area contributed by atoms with Crippen LogP contribution in [0.5, 0.6) is 23.0 Å². The summed E-state index contributed by atoms with van der Waals surface area (Å²) in [5.74, 6) is -1.59. The van der Waals surface area contributed by atoms with Crippen molar-refractivity contribution >= 4 is 17.8 Å². The summed E-state index contributed by atoms with van der Waals surface area (Å²) in [6, 6.07) is 6.14. The van der Waals surface area contributed by atoms with E-state index >= 15 is 0 Å². The number of benzene rings is 2. The van der Waals surface area contributed by atoms with Crippen LogP contribution < -0.4 is 9.47 Å². The Morgan fingerprint density at radius 3 is 2.39 bits per heavy atom. The fraction of sp³-hybridized carbons (Fsp3) is 0.333. The van der Waals surface area contributed by atoms with E-state index in [0.717, 1.165) is 5.56 Å². The Bertz CT molecular complexity index is 1010. The van der Waals surface area contributed by atoms with Gasteiger partial charge in [0.05, 0.1) is 13.2 Å². The highest BCUT2D eigenvalue weighted by molar-refractivity contribution is 5.95. The molecule has 3 N–H and O–H groups in total. The number of allylic oxidation sites excluding steroid dienone is 1. The molecule has 2 rings (SSSR count). The summed E-state index contributed by atoms with van der Waals surface area (Å²) >= 11 is 0. The molecule has 0 saturated heterocycles. The second-order valence-corrected chi connectivity index (χ2v) is 7.76. The Morgan fingerprint density at radius 2 is 1.84 bits per heavy atom. The van der Waals surface area contributed by atoms with Crippen LogP contribution in [-0.2, 0) is 4.79 Å². The van der Waals surface area contributed by atoms with Gasteiger partial charge < -0.3 is 24.8 Å². The van der Waals surface area contributed by atoms with Crippen LogP contribution >= 0.6 is 0 Å². The van der Waals surface area contributed by atoms with Crippen LogP contribution in [0, 0.1) is 12.8 Å². The molecule has 0 fully saturated rings. The summed E-state index contributed by atoms with van der Waals surface area (Å²) in [5, 5.41) is 30.8. The summed E-state index contributed by atoms with van der Waals surface area (Å²) < 4.78 is 11.2. The molecule has 1 unspecified atom stereocenters. The predicted molar refractivity (Wildman–Crippen MR) is 117 cm³/mol. The quantitative estimate of drug-likeness (QED) is 0.488. The van der Waals surface area contributed by atoms with Crippen LogP contribution in [0.1, 0.15) is 60.3 Å². The van der Waals surface area contributed by atoms with Crippen LogP contribution in [0.15, 0.2) is 30.3 Å². The van der Waals surface area contributed by atoms with Crippen LogP contribution in [-0.4, -0.2) is 34.2 Å².